The molecule has 170 valence electrons. The van der Waals surface area contributed by atoms with Gasteiger partial charge in [-0.15, -0.1) is 0 Å². The molecule has 1 aliphatic heterocycles. The van der Waals surface area contributed by atoms with E-state index in [4.69, 9.17) is 10.00 Å². The van der Waals surface area contributed by atoms with E-state index in [1.807, 2.05) is 32.0 Å². The van der Waals surface area contributed by atoms with Crippen LogP contribution in [0.5, 0.6) is 0 Å². The number of aryl methyl sites for hydroxylation is 2. The number of nitrogens with one attached hydrogen (secondary N) is 1. The molecule has 6 nitrogen and oxygen atoms in total. The van der Waals surface area contributed by atoms with Gasteiger partial charge in [0, 0.05) is 36.7 Å². The van der Waals surface area contributed by atoms with Gasteiger partial charge in [-0.1, -0.05) is 29.8 Å². The van der Waals surface area contributed by atoms with E-state index in [0.29, 0.717) is 30.9 Å². The Bertz CT molecular complexity index is 1170. The van der Waals surface area contributed by atoms with Gasteiger partial charge in [-0.05, 0) is 56.7 Å². The number of nitrogens with zero attached hydrogens (tertiary/aromatic N) is 3. The van der Waals surface area contributed by atoms with Gasteiger partial charge in [-0.3, -0.25) is 9.69 Å². The van der Waals surface area contributed by atoms with E-state index in [-0.39, 0.29) is 11.9 Å². The van der Waals surface area contributed by atoms with Gasteiger partial charge in [-0.2, -0.15) is 5.26 Å². The monoisotopic (exact) mass is 442 g/mol. The number of carbonyl (C=O) groups is 1. The Kier molecular flexibility index (Phi) is 6.93. The van der Waals surface area contributed by atoms with Crippen LogP contribution in [0.2, 0.25) is 0 Å². The quantitative estimate of drug-likeness (QED) is 0.625. The lowest BCUT2D eigenvalue weighted by Gasteiger charge is -2.35. The minimum atomic E-state index is -0.0751. The number of benzene rings is 2. The van der Waals surface area contributed by atoms with Gasteiger partial charge in [0.1, 0.15) is 0 Å². The van der Waals surface area contributed by atoms with Gasteiger partial charge >= 0.3 is 0 Å². The van der Waals surface area contributed by atoms with Gasteiger partial charge in [0.2, 0.25) is 0 Å². The van der Waals surface area contributed by atoms with Gasteiger partial charge in [0.15, 0.2) is 0 Å². The number of carbonyl (C=O) groups excluding carboxylic acids is 1. The fourth-order valence-electron chi connectivity index (χ4n) is 4.58. The normalized spacial score (nSPS) is 15.1. The zero-order valence-corrected chi connectivity index (χ0v) is 19.5. The van der Waals surface area contributed by atoms with Crippen molar-refractivity contribution in [3.05, 3.63) is 88.2 Å². The molecule has 1 amide bonds. The molecule has 1 N–H and O–H groups in total. The SMILES string of the molecule is Cc1cccc(C(CNC(=O)c2cc(C)n(-c3ccc(C#N)cc3)c2C)N2CCOCC2)c1. The van der Waals surface area contributed by atoms with E-state index < -0.39 is 0 Å². The molecule has 0 spiro atoms. The second-order valence-electron chi connectivity index (χ2n) is 8.57. The Hall–Kier alpha value is -3.40. The first-order chi connectivity index (χ1) is 16.0. The van der Waals surface area contributed by atoms with E-state index in [1.54, 1.807) is 12.1 Å². The van der Waals surface area contributed by atoms with Crippen molar-refractivity contribution in [1.29, 1.82) is 5.26 Å². The molecule has 0 bridgehead atoms. The second-order valence-corrected chi connectivity index (χ2v) is 8.57. The summed E-state index contributed by atoms with van der Waals surface area (Å²) >= 11 is 0. The van der Waals surface area contributed by atoms with Gasteiger partial charge in [-0.25, -0.2) is 0 Å². The fraction of sp³-hybridized carbons (Fsp3) is 0.333. The number of rotatable bonds is 6. The first-order valence-electron chi connectivity index (χ1n) is 11.3. The van der Waals surface area contributed by atoms with Crippen LogP contribution >= 0.6 is 0 Å². The lowest BCUT2D eigenvalue weighted by Crippen LogP contribution is -2.43. The summed E-state index contributed by atoms with van der Waals surface area (Å²) in [5.74, 6) is -0.0751. The van der Waals surface area contributed by atoms with Gasteiger partial charge in [0.25, 0.3) is 5.91 Å². The Morgan fingerprint density at radius 1 is 1.09 bits per heavy atom. The van der Waals surface area contributed by atoms with E-state index >= 15 is 0 Å². The molecule has 1 fully saturated rings. The first kappa shape index (κ1) is 22.8. The van der Waals surface area contributed by atoms with Crippen LogP contribution in [0.1, 0.15) is 44.5 Å². The number of ether oxygens (including phenoxy) is 1. The number of morpholine rings is 1. The van der Waals surface area contributed by atoms with Crippen LogP contribution in [0.4, 0.5) is 0 Å². The van der Waals surface area contributed by atoms with Crippen molar-refractivity contribution >= 4 is 5.91 Å². The lowest BCUT2D eigenvalue weighted by molar-refractivity contribution is 0.0162. The molecule has 0 radical (unpaired) electrons. The molecule has 1 atom stereocenters. The van der Waals surface area contributed by atoms with Crippen molar-refractivity contribution in [3.63, 3.8) is 0 Å². The standard InChI is InChI=1S/C27H30N4O2/c1-19-5-4-6-23(15-19)26(30-11-13-33-14-12-30)18-29-27(32)25-16-20(2)31(21(25)3)24-9-7-22(17-28)8-10-24/h4-10,15-16,26H,11-14,18H2,1-3H3,(H,29,32). The summed E-state index contributed by atoms with van der Waals surface area (Å²) in [6.45, 7) is 9.69. The third kappa shape index (κ3) is 5.00. The summed E-state index contributed by atoms with van der Waals surface area (Å²) in [5, 5.41) is 12.2. The minimum absolute atomic E-state index is 0.0751. The number of hydrogen-bond acceptors (Lipinski definition) is 4. The summed E-state index contributed by atoms with van der Waals surface area (Å²) < 4.78 is 7.59. The minimum Gasteiger partial charge on any atom is -0.379 e. The van der Waals surface area contributed by atoms with Crippen molar-refractivity contribution in [2.24, 2.45) is 0 Å². The third-order valence-electron chi connectivity index (χ3n) is 6.30. The fourth-order valence-corrected chi connectivity index (χ4v) is 4.58. The molecule has 2 heterocycles. The Labute approximate surface area is 195 Å². The molecular weight excluding hydrogens is 412 g/mol. The molecule has 1 aromatic heterocycles. The topological polar surface area (TPSA) is 70.3 Å². The van der Waals surface area contributed by atoms with Crippen LogP contribution in [-0.2, 0) is 4.74 Å². The maximum absolute atomic E-state index is 13.2. The summed E-state index contributed by atoms with van der Waals surface area (Å²) in [4.78, 5) is 15.6. The first-order valence-corrected chi connectivity index (χ1v) is 11.3. The number of nitriles is 1. The largest absolute Gasteiger partial charge is 0.379 e. The zero-order valence-electron chi connectivity index (χ0n) is 19.5. The predicted molar refractivity (Wildman–Crippen MR) is 129 cm³/mol. The van der Waals surface area contributed by atoms with Crippen LogP contribution in [0, 0.1) is 32.1 Å². The highest BCUT2D eigenvalue weighted by atomic mass is 16.5. The number of amides is 1. The summed E-state index contributed by atoms with van der Waals surface area (Å²) in [5.41, 5.74) is 6.50. The molecule has 1 saturated heterocycles. The molecule has 2 aromatic carbocycles. The Morgan fingerprint density at radius 3 is 2.48 bits per heavy atom. The Balaban J connectivity index is 1.54. The van der Waals surface area contributed by atoms with Gasteiger partial charge < -0.3 is 14.6 Å². The average molecular weight is 443 g/mol. The van der Waals surface area contributed by atoms with Crippen LogP contribution in [-0.4, -0.2) is 48.2 Å². The molecule has 6 heteroatoms. The van der Waals surface area contributed by atoms with Crippen molar-refractivity contribution in [2.75, 3.05) is 32.8 Å². The van der Waals surface area contributed by atoms with Crippen molar-refractivity contribution in [2.45, 2.75) is 26.8 Å². The van der Waals surface area contributed by atoms with Crippen LogP contribution in [0.25, 0.3) is 5.69 Å². The molecule has 33 heavy (non-hydrogen) atoms. The third-order valence-corrected chi connectivity index (χ3v) is 6.30. The molecule has 1 aliphatic rings. The highest BCUT2D eigenvalue weighted by Gasteiger charge is 2.24. The maximum atomic E-state index is 13.2. The zero-order chi connectivity index (χ0) is 23.4. The molecule has 1 unspecified atom stereocenters. The van der Waals surface area contributed by atoms with E-state index in [2.05, 4.69) is 52.0 Å². The second kappa shape index (κ2) is 10.0. The highest BCUT2D eigenvalue weighted by Crippen LogP contribution is 2.24. The van der Waals surface area contributed by atoms with Crippen LogP contribution in [0.3, 0.4) is 0 Å². The maximum Gasteiger partial charge on any atom is 0.253 e. The number of aromatic nitrogens is 1. The van der Waals surface area contributed by atoms with Gasteiger partial charge in [0.05, 0.1) is 36.5 Å². The molecule has 3 aromatic rings. The smallest absolute Gasteiger partial charge is 0.253 e. The molecule has 4 rings (SSSR count). The van der Waals surface area contributed by atoms with Crippen molar-refractivity contribution in [1.82, 2.24) is 14.8 Å². The van der Waals surface area contributed by atoms with Crippen LogP contribution < -0.4 is 5.32 Å². The Morgan fingerprint density at radius 2 is 1.82 bits per heavy atom. The van der Waals surface area contributed by atoms with Crippen molar-refractivity contribution in [3.8, 4) is 11.8 Å². The van der Waals surface area contributed by atoms with E-state index in [9.17, 15) is 4.79 Å². The van der Waals surface area contributed by atoms with E-state index in [0.717, 1.165) is 30.2 Å². The summed E-state index contributed by atoms with van der Waals surface area (Å²) in [6, 6.07) is 20.1. The predicted octanol–water partition coefficient (Wildman–Crippen LogP) is 4.08. The molecular formula is C27H30N4O2. The molecule has 0 saturated carbocycles. The van der Waals surface area contributed by atoms with E-state index in [1.165, 1.54) is 11.1 Å². The summed E-state index contributed by atoms with van der Waals surface area (Å²) in [7, 11) is 0. The lowest BCUT2D eigenvalue weighted by atomic mass is 10.0. The van der Waals surface area contributed by atoms with Crippen LogP contribution in [0.15, 0.2) is 54.6 Å². The highest BCUT2D eigenvalue weighted by molar-refractivity contribution is 5.96. The number of hydrogen-bond donors (Lipinski definition) is 1. The molecule has 0 aliphatic carbocycles. The summed E-state index contributed by atoms with van der Waals surface area (Å²) in [6.07, 6.45) is 0. The van der Waals surface area contributed by atoms with Crippen molar-refractivity contribution < 1.29 is 9.53 Å². The average Bonchev–Trinajstić information content (AvgIpc) is 3.13.